The number of hydrogen-bond donors (Lipinski definition) is 3. The topological polar surface area (TPSA) is 188 Å². The van der Waals surface area contributed by atoms with Crippen molar-refractivity contribution in [2.75, 3.05) is 13.7 Å². The Labute approximate surface area is 340 Å². The lowest BCUT2D eigenvalue weighted by Crippen LogP contribution is -2.56. The van der Waals surface area contributed by atoms with Crippen LogP contribution in [-0.4, -0.2) is 79.8 Å². The normalized spacial score (nSPS) is 30.1. The van der Waals surface area contributed by atoms with Gasteiger partial charge in [-0.25, -0.2) is 18.2 Å². The van der Waals surface area contributed by atoms with E-state index in [0.29, 0.717) is 60.6 Å². The van der Waals surface area contributed by atoms with Crippen LogP contribution >= 0.6 is 0 Å². The van der Waals surface area contributed by atoms with E-state index in [4.69, 9.17) is 23.9 Å². The van der Waals surface area contributed by atoms with E-state index >= 15 is 0 Å². The molecule has 4 saturated carbocycles. The SMILES string of the molecule is C=C[C@@H]1C[C@]1(NC(=O)[C@@H]1C[C@@H]2CC1C(=O)[C@H](C(C)(C)C)NC(=O)O[C@@H]1CCCC[C@H]1CC=Cc1cc3c(cc(OCC)nc3cc1OC)O2)C(=O)NS(=O)(=O)C1CC1. The van der Waals surface area contributed by atoms with Gasteiger partial charge < -0.3 is 29.6 Å². The average molecular weight is 821 g/mol. The van der Waals surface area contributed by atoms with Crippen LogP contribution in [0.5, 0.6) is 17.4 Å². The maximum Gasteiger partial charge on any atom is 0.408 e. The number of methoxy groups -OCH3 is 1. The van der Waals surface area contributed by atoms with Crippen LogP contribution in [0.3, 0.4) is 0 Å². The van der Waals surface area contributed by atoms with E-state index in [1.54, 1.807) is 13.2 Å². The third kappa shape index (κ3) is 8.55. The first-order valence-electron chi connectivity index (χ1n) is 20.6. The van der Waals surface area contributed by atoms with Crippen LogP contribution in [0.1, 0.15) is 97.5 Å². The fourth-order valence-electron chi connectivity index (χ4n) is 8.93. The van der Waals surface area contributed by atoms with Crippen LogP contribution < -0.4 is 29.6 Å². The standard InChI is InChI=1S/C43H56N4O10S/c1-7-26-23-43(26,40(50)47-58(52,53)28-16-17-28)46-39(49)30-20-27-19-29(30)37(48)38(42(3,4)5)45-41(51)57-33-15-10-9-12-24(33)13-11-14-25-18-31-32(21-34(25)54-6)44-36(55-8-2)22-35(31)56-27/h7,11,14,18,21-22,24,26-30,33,38H,1,8-10,12-13,15-17,19-20,23H2,2-6H3,(H,45,51)(H,46,49)(H,47,50)/t24-,26+,27-,29?,30+,33+,38+,43+/m0/s1. The number of aromatic nitrogens is 1. The number of alkyl carbamates (subject to hydrolysis) is 1. The number of ether oxygens (including phenoxy) is 4. The molecule has 7 rings (SSSR count). The summed E-state index contributed by atoms with van der Waals surface area (Å²) >= 11 is 0. The molecule has 0 saturated heterocycles. The molecule has 15 heteroatoms. The van der Waals surface area contributed by atoms with Crippen LogP contribution in [-0.2, 0) is 29.1 Å². The second-order valence-corrected chi connectivity index (χ2v) is 19.5. The summed E-state index contributed by atoms with van der Waals surface area (Å²) in [6.07, 6.45) is 9.28. The van der Waals surface area contributed by atoms with Gasteiger partial charge in [0.25, 0.3) is 5.91 Å². The molecule has 1 aromatic heterocycles. The Bertz CT molecular complexity index is 2110. The molecule has 4 aliphatic carbocycles. The molecule has 5 aliphatic rings. The summed E-state index contributed by atoms with van der Waals surface area (Å²) in [4.78, 5) is 61.5. The minimum atomic E-state index is -3.91. The van der Waals surface area contributed by atoms with Crippen molar-refractivity contribution in [3.63, 3.8) is 0 Å². The highest BCUT2D eigenvalue weighted by molar-refractivity contribution is 7.91. The van der Waals surface area contributed by atoms with Crippen molar-refractivity contribution < 1.29 is 46.5 Å². The van der Waals surface area contributed by atoms with Crippen molar-refractivity contribution in [2.24, 2.45) is 29.1 Å². The van der Waals surface area contributed by atoms with Gasteiger partial charge in [-0.05, 0) is 82.1 Å². The molecule has 0 spiro atoms. The molecule has 8 atom stereocenters. The van der Waals surface area contributed by atoms with Crippen molar-refractivity contribution in [2.45, 2.75) is 121 Å². The highest BCUT2D eigenvalue weighted by atomic mass is 32.2. The molecular formula is C43H56N4O10S. The lowest BCUT2D eigenvalue weighted by molar-refractivity contribution is -0.137. The minimum Gasteiger partial charge on any atom is -0.496 e. The molecule has 1 aromatic carbocycles. The zero-order chi connectivity index (χ0) is 41.6. The first kappa shape index (κ1) is 41.5. The number of nitrogens with zero attached hydrogens (tertiary/aromatic N) is 1. The van der Waals surface area contributed by atoms with E-state index in [1.165, 1.54) is 6.08 Å². The van der Waals surface area contributed by atoms with Crippen LogP contribution in [0.25, 0.3) is 17.0 Å². The Morgan fingerprint density at radius 1 is 1.09 bits per heavy atom. The van der Waals surface area contributed by atoms with Gasteiger partial charge in [0.2, 0.25) is 21.8 Å². The van der Waals surface area contributed by atoms with Crippen molar-refractivity contribution in [3.05, 3.63) is 42.5 Å². The number of amides is 3. The molecule has 4 fully saturated rings. The summed E-state index contributed by atoms with van der Waals surface area (Å²) < 4.78 is 52.3. The number of carbonyl (C=O) groups excluding carboxylic acids is 4. The lowest BCUT2D eigenvalue weighted by Gasteiger charge is -2.35. The number of sulfonamides is 1. The third-order valence-corrected chi connectivity index (χ3v) is 14.2. The first-order chi connectivity index (χ1) is 27.6. The van der Waals surface area contributed by atoms with Gasteiger partial charge in [0, 0.05) is 34.9 Å². The number of nitrogens with one attached hydrogen (secondary N) is 3. The van der Waals surface area contributed by atoms with Gasteiger partial charge in [0.05, 0.1) is 36.4 Å². The van der Waals surface area contributed by atoms with Crippen LogP contribution in [0, 0.1) is 29.1 Å². The van der Waals surface area contributed by atoms with Gasteiger partial charge in [-0.1, -0.05) is 45.4 Å². The Morgan fingerprint density at radius 3 is 2.52 bits per heavy atom. The molecule has 4 bridgehead atoms. The predicted octanol–water partition coefficient (Wildman–Crippen LogP) is 5.77. The first-order valence-corrected chi connectivity index (χ1v) is 22.1. The van der Waals surface area contributed by atoms with Crippen LogP contribution in [0.15, 0.2) is 36.9 Å². The van der Waals surface area contributed by atoms with E-state index < -0.39 is 74.0 Å². The quantitative estimate of drug-likeness (QED) is 0.261. The summed E-state index contributed by atoms with van der Waals surface area (Å²) in [7, 11) is -2.32. The maximum absolute atomic E-state index is 14.9. The second-order valence-electron chi connectivity index (χ2n) is 17.6. The number of Topliss-reactive ketones (excluding diaryl/α,β-unsaturated/α-hetero) is 1. The monoisotopic (exact) mass is 820 g/mol. The van der Waals surface area contributed by atoms with E-state index in [2.05, 4.69) is 28.0 Å². The third-order valence-electron chi connectivity index (χ3n) is 12.4. The molecular weight excluding hydrogens is 765 g/mol. The van der Waals surface area contributed by atoms with E-state index in [-0.39, 0.29) is 37.1 Å². The largest absolute Gasteiger partial charge is 0.496 e. The van der Waals surface area contributed by atoms with Gasteiger partial charge in [0.1, 0.15) is 29.2 Å². The molecule has 58 heavy (non-hydrogen) atoms. The maximum atomic E-state index is 14.9. The van der Waals surface area contributed by atoms with E-state index in [1.807, 2.05) is 45.9 Å². The van der Waals surface area contributed by atoms with Gasteiger partial charge in [-0.3, -0.25) is 19.1 Å². The number of benzene rings is 1. The molecule has 1 aliphatic heterocycles. The highest BCUT2D eigenvalue weighted by Crippen LogP contribution is 2.47. The number of carbonyl (C=O) groups is 4. The van der Waals surface area contributed by atoms with Gasteiger partial charge in [0.15, 0.2) is 5.78 Å². The number of hydrogen-bond acceptors (Lipinski definition) is 11. The lowest BCUT2D eigenvalue weighted by atomic mass is 9.77. The Kier molecular flexibility index (Phi) is 11.6. The molecule has 3 N–H and O–H groups in total. The fraction of sp³-hybridized carbons (Fsp3) is 0.605. The van der Waals surface area contributed by atoms with Crippen molar-refractivity contribution in [1.29, 1.82) is 0 Å². The smallest absolute Gasteiger partial charge is 0.408 e. The number of pyridine rings is 1. The van der Waals surface area contributed by atoms with Gasteiger partial charge >= 0.3 is 6.09 Å². The van der Waals surface area contributed by atoms with E-state index in [9.17, 15) is 27.6 Å². The molecule has 1 unspecified atom stereocenters. The van der Waals surface area contributed by atoms with Crippen molar-refractivity contribution in [3.8, 4) is 17.4 Å². The zero-order valence-corrected chi connectivity index (χ0v) is 34.8. The zero-order valence-electron chi connectivity index (χ0n) is 34.0. The van der Waals surface area contributed by atoms with Gasteiger partial charge in [-0.2, -0.15) is 0 Å². The molecule has 2 aromatic rings. The summed E-state index contributed by atoms with van der Waals surface area (Å²) in [5, 5.41) is 5.80. The minimum absolute atomic E-state index is 0.0634. The molecule has 3 amide bonds. The van der Waals surface area contributed by atoms with Crippen molar-refractivity contribution in [1.82, 2.24) is 20.3 Å². The Morgan fingerprint density at radius 2 is 1.84 bits per heavy atom. The molecule has 0 radical (unpaired) electrons. The summed E-state index contributed by atoms with van der Waals surface area (Å²) in [6, 6.07) is 4.43. The second kappa shape index (κ2) is 16.2. The number of allylic oxidation sites excluding steroid dienone is 1. The van der Waals surface area contributed by atoms with Crippen LogP contribution in [0.2, 0.25) is 0 Å². The van der Waals surface area contributed by atoms with Gasteiger partial charge in [-0.15, -0.1) is 6.58 Å². The highest BCUT2D eigenvalue weighted by Gasteiger charge is 2.62. The van der Waals surface area contributed by atoms with Crippen molar-refractivity contribution >= 4 is 50.7 Å². The molecule has 2 heterocycles. The number of rotatable bonds is 9. The Balaban J connectivity index is 1.28. The summed E-state index contributed by atoms with van der Waals surface area (Å²) in [6.45, 7) is 11.6. The summed E-state index contributed by atoms with van der Waals surface area (Å²) in [5.41, 5.74) is -0.967. The Hall–Kier alpha value is -4.66. The molecule has 314 valence electrons. The average Bonchev–Trinajstić information content (AvgIpc) is 4.10. The fourth-order valence-corrected chi connectivity index (χ4v) is 10.3. The van der Waals surface area contributed by atoms with E-state index in [0.717, 1.165) is 24.8 Å². The summed E-state index contributed by atoms with van der Waals surface area (Å²) in [5.74, 6) is -2.82. The number of ketones is 1. The molecule has 14 nitrogen and oxygen atoms in total. The van der Waals surface area contributed by atoms with Crippen LogP contribution in [0.4, 0.5) is 4.79 Å². The predicted molar refractivity (Wildman–Crippen MR) is 217 cm³/mol. The number of fused-ring (bicyclic) bond motifs is 4.